The lowest BCUT2D eigenvalue weighted by atomic mass is 10.3. The summed E-state index contributed by atoms with van der Waals surface area (Å²) < 4.78 is 49.8. The molecular weight excluding hydrogens is 309 g/mol. The van der Waals surface area contributed by atoms with E-state index in [4.69, 9.17) is 9.47 Å². The number of methoxy groups -OCH3 is 2. The monoisotopic (exact) mass is 325 g/mol. The van der Waals surface area contributed by atoms with E-state index in [1.165, 1.54) is 33.4 Å². The molecule has 0 aliphatic rings. The Morgan fingerprint density at radius 3 is 2.36 bits per heavy atom. The third-order valence-corrected chi connectivity index (χ3v) is 4.98. The number of sulfonamides is 1. The van der Waals surface area contributed by atoms with Crippen LogP contribution in [-0.2, 0) is 10.0 Å². The molecule has 0 fully saturated rings. The Kier molecular flexibility index (Phi) is 4.56. The minimum absolute atomic E-state index is 0.0111. The van der Waals surface area contributed by atoms with Crippen LogP contribution < -0.4 is 13.8 Å². The number of hydrogen-bond acceptors (Lipinski definition) is 4. The number of benzene rings is 2. The molecule has 0 N–H and O–H groups in total. The van der Waals surface area contributed by atoms with Crippen LogP contribution in [0.25, 0.3) is 0 Å². The van der Waals surface area contributed by atoms with E-state index >= 15 is 0 Å². The molecule has 0 saturated carbocycles. The zero-order valence-electron chi connectivity index (χ0n) is 12.4. The molecular formula is C15H16FNO4S. The lowest BCUT2D eigenvalue weighted by molar-refractivity contribution is 0.385. The zero-order valence-corrected chi connectivity index (χ0v) is 13.2. The lowest BCUT2D eigenvalue weighted by Crippen LogP contribution is -2.26. The van der Waals surface area contributed by atoms with Crippen molar-refractivity contribution in [1.82, 2.24) is 0 Å². The zero-order chi connectivity index (χ0) is 16.3. The lowest BCUT2D eigenvalue weighted by Gasteiger charge is -2.20. The first kappa shape index (κ1) is 16.1. The summed E-state index contributed by atoms with van der Waals surface area (Å²) in [4.78, 5) is -0.156. The highest BCUT2D eigenvalue weighted by Gasteiger charge is 2.23. The number of anilines is 1. The van der Waals surface area contributed by atoms with Crippen molar-refractivity contribution in [2.45, 2.75) is 4.90 Å². The first-order valence-electron chi connectivity index (χ1n) is 6.36. The molecule has 118 valence electrons. The summed E-state index contributed by atoms with van der Waals surface area (Å²) in [6.45, 7) is 0. The third-order valence-electron chi connectivity index (χ3n) is 3.20. The van der Waals surface area contributed by atoms with Crippen LogP contribution in [0, 0.1) is 5.82 Å². The Bertz CT molecular complexity index is 777. The summed E-state index contributed by atoms with van der Waals surface area (Å²) in [5, 5.41) is 0. The second-order valence-electron chi connectivity index (χ2n) is 4.47. The first-order valence-corrected chi connectivity index (χ1v) is 7.80. The fourth-order valence-electron chi connectivity index (χ4n) is 1.91. The molecule has 0 aliphatic heterocycles. The van der Waals surface area contributed by atoms with Gasteiger partial charge < -0.3 is 9.47 Å². The van der Waals surface area contributed by atoms with E-state index in [0.29, 0.717) is 11.4 Å². The van der Waals surface area contributed by atoms with Crippen molar-refractivity contribution in [1.29, 1.82) is 0 Å². The van der Waals surface area contributed by atoms with Crippen LogP contribution >= 0.6 is 0 Å². The molecule has 0 unspecified atom stereocenters. The van der Waals surface area contributed by atoms with E-state index in [-0.39, 0.29) is 10.6 Å². The largest absolute Gasteiger partial charge is 0.497 e. The van der Waals surface area contributed by atoms with Crippen molar-refractivity contribution < 1.29 is 22.3 Å². The minimum Gasteiger partial charge on any atom is -0.497 e. The SMILES string of the molecule is COc1cccc(N(C)S(=O)(=O)c2ccc(OC)c(F)c2)c1. The smallest absolute Gasteiger partial charge is 0.264 e. The Balaban J connectivity index is 2.42. The van der Waals surface area contributed by atoms with E-state index in [2.05, 4.69) is 0 Å². The predicted molar refractivity (Wildman–Crippen MR) is 81.5 cm³/mol. The normalized spacial score (nSPS) is 11.1. The molecule has 0 bridgehead atoms. The van der Waals surface area contributed by atoms with Crippen molar-refractivity contribution in [3.8, 4) is 11.5 Å². The topological polar surface area (TPSA) is 55.8 Å². The second-order valence-corrected chi connectivity index (χ2v) is 6.44. The van der Waals surface area contributed by atoms with Crippen LogP contribution in [0.2, 0.25) is 0 Å². The van der Waals surface area contributed by atoms with Gasteiger partial charge in [0.2, 0.25) is 0 Å². The van der Waals surface area contributed by atoms with Gasteiger partial charge in [-0.25, -0.2) is 12.8 Å². The second kappa shape index (κ2) is 6.23. The summed E-state index contributed by atoms with van der Waals surface area (Å²) in [6, 6.07) is 10.1. The van der Waals surface area contributed by atoms with Crippen LogP contribution in [0.5, 0.6) is 11.5 Å². The Hall–Kier alpha value is -2.28. The van der Waals surface area contributed by atoms with Gasteiger partial charge in [0, 0.05) is 13.1 Å². The molecule has 0 radical (unpaired) electrons. The van der Waals surface area contributed by atoms with E-state index in [1.54, 1.807) is 24.3 Å². The standard InChI is InChI=1S/C15H16FNO4S/c1-17(11-5-4-6-12(9-11)20-2)22(18,19)13-7-8-15(21-3)14(16)10-13/h4-10H,1-3H3. The van der Waals surface area contributed by atoms with E-state index < -0.39 is 15.8 Å². The molecule has 0 amide bonds. The van der Waals surface area contributed by atoms with E-state index in [1.807, 2.05) is 0 Å². The van der Waals surface area contributed by atoms with Crippen LogP contribution in [0.4, 0.5) is 10.1 Å². The van der Waals surface area contributed by atoms with Crippen molar-refractivity contribution in [3.05, 3.63) is 48.3 Å². The maximum absolute atomic E-state index is 13.7. The molecule has 0 atom stereocenters. The fraction of sp³-hybridized carbons (Fsp3) is 0.200. The maximum Gasteiger partial charge on any atom is 0.264 e. The summed E-state index contributed by atoms with van der Waals surface area (Å²) in [7, 11) is 0.320. The number of rotatable bonds is 5. The number of nitrogens with zero attached hydrogens (tertiary/aromatic N) is 1. The third kappa shape index (κ3) is 2.99. The van der Waals surface area contributed by atoms with Crippen LogP contribution in [0.1, 0.15) is 0 Å². The molecule has 0 spiro atoms. The molecule has 0 aromatic heterocycles. The Labute approximate surface area is 128 Å². The first-order chi connectivity index (χ1) is 10.4. The highest BCUT2D eigenvalue weighted by atomic mass is 32.2. The highest BCUT2D eigenvalue weighted by Crippen LogP contribution is 2.27. The van der Waals surface area contributed by atoms with Gasteiger partial charge in [0.05, 0.1) is 24.8 Å². The van der Waals surface area contributed by atoms with E-state index in [9.17, 15) is 12.8 Å². The minimum atomic E-state index is -3.88. The quantitative estimate of drug-likeness (QED) is 0.848. The van der Waals surface area contributed by atoms with Gasteiger partial charge in [-0.2, -0.15) is 0 Å². The van der Waals surface area contributed by atoms with Gasteiger partial charge in [-0.3, -0.25) is 4.31 Å². The van der Waals surface area contributed by atoms with Crippen LogP contribution in [0.15, 0.2) is 47.4 Å². The average molecular weight is 325 g/mol. The number of hydrogen-bond donors (Lipinski definition) is 0. The maximum atomic E-state index is 13.7. The van der Waals surface area contributed by atoms with Gasteiger partial charge in [-0.15, -0.1) is 0 Å². The van der Waals surface area contributed by atoms with Crippen molar-refractivity contribution in [2.24, 2.45) is 0 Å². The summed E-state index contributed by atoms with van der Waals surface area (Å²) in [6.07, 6.45) is 0. The van der Waals surface area contributed by atoms with Crippen molar-refractivity contribution in [2.75, 3.05) is 25.6 Å². The highest BCUT2D eigenvalue weighted by molar-refractivity contribution is 7.92. The molecule has 0 heterocycles. The summed E-state index contributed by atoms with van der Waals surface area (Å²) in [5.74, 6) is -0.217. The fourth-order valence-corrected chi connectivity index (χ4v) is 3.11. The number of ether oxygens (including phenoxy) is 2. The number of halogens is 1. The van der Waals surface area contributed by atoms with Gasteiger partial charge in [-0.05, 0) is 30.3 Å². The average Bonchev–Trinajstić information content (AvgIpc) is 2.54. The molecule has 5 nitrogen and oxygen atoms in total. The van der Waals surface area contributed by atoms with Gasteiger partial charge in [0.25, 0.3) is 10.0 Å². The van der Waals surface area contributed by atoms with Crippen molar-refractivity contribution in [3.63, 3.8) is 0 Å². The Morgan fingerprint density at radius 1 is 1.05 bits per heavy atom. The molecule has 22 heavy (non-hydrogen) atoms. The molecule has 2 rings (SSSR count). The summed E-state index contributed by atoms with van der Waals surface area (Å²) >= 11 is 0. The molecule has 2 aromatic rings. The Morgan fingerprint density at radius 2 is 1.77 bits per heavy atom. The molecule has 0 saturated heterocycles. The van der Waals surface area contributed by atoms with Gasteiger partial charge in [0.15, 0.2) is 11.6 Å². The predicted octanol–water partition coefficient (Wildman–Crippen LogP) is 2.67. The van der Waals surface area contributed by atoms with Gasteiger partial charge >= 0.3 is 0 Å². The summed E-state index contributed by atoms with van der Waals surface area (Å²) in [5.41, 5.74) is 0.413. The molecule has 2 aromatic carbocycles. The van der Waals surface area contributed by atoms with Crippen molar-refractivity contribution >= 4 is 15.7 Å². The molecule has 7 heteroatoms. The molecule has 0 aliphatic carbocycles. The van der Waals surface area contributed by atoms with Gasteiger partial charge in [-0.1, -0.05) is 6.07 Å². The van der Waals surface area contributed by atoms with E-state index in [0.717, 1.165) is 10.4 Å². The van der Waals surface area contributed by atoms with Gasteiger partial charge in [0.1, 0.15) is 5.75 Å². The van der Waals surface area contributed by atoms with Crippen LogP contribution in [0.3, 0.4) is 0 Å². The van der Waals surface area contributed by atoms with Crippen LogP contribution in [-0.4, -0.2) is 29.7 Å².